The maximum atomic E-state index is 12.3. The van der Waals surface area contributed by atoms with Crippen LogP contribution in [-0.4, -0.2) is 65.9 Å². The minimum absolute atomic E-state index is 0.282. The van der Waals surface area contributed by atoms with Crippen LogP contribution in [0.2, 0.25) is 0 Å². The van der Waals surface area contributed by atoms with Gasteiger partial charge in [0.05, 0.1) is 0 Å². The molecule has 2 fully saturated rings. The molecular formula is C20H33N5O. The molecule has 2 aliphatic heterocycles. The second-order valence-corrected chi connectivity index (χ2v) is 8.27. The van der Waals surface area contributed by atoms with E-state index in [9.17, 15) is 4.79 Å². The van der Waals surface area contributed by atoms with Crippen LogP contribution in [0.5, 0.6) is 0 Å². The number of carbonyl (C=O) groups excluding carboxylic acids is 1. The van der Waals surface area contributed by atoms with Crippen molar-refractivity contribution < 1.29 is 4.79 Å². The summed E-state index contributed by atoms with van der Waals surface area (Å²) >= 11 is 0. The number of hydrogen-bond donors (Lipinski definition) is 0. The summed E-state index contributed by atoms with van der Waals surface area (Å²) in [5.41, 5.74) is 1.45. The first-order valence-corrected chi connectivity index (χ1v) is 10.00. The molecule has 1 aromatic heterocycles. The molecular weight excluding hydrogens is 326 g/mol. The van der Waals surface area contributed by atoms with E-state index in [1.807, 2.05) is 31.4 Å². The number of amides is 1. The summed E-state index contributed by atoms with van der Waals surface area (Å²) in [6.45, 7) is 7.17. The maximum Gasteiger partial charge on any atom is 0.224 e. The molecule has 6 heteroatoms. The van der Waals surface area contributed by atoms with Gasteiger partial charge in [-0.25, -0.2) is 9.97 Å². The Morgan fingerprint density at radius 1 is 1.19 bits per heavy atom. The molecule has 1 amide bonds. The molecule has 6 nitrogen and oxygen atoms in total. The van der Waals surface area contributed by atoms with Gasteiger partial charge in [-0.2, -0.15) is 0 Å². The first-order chi connectivity index (χ1) is 12.5. The van der Waals surface area contributed by atoms with Crippen molar-refractivity contribution >= 4 is 11.9 Å². The molecule has 26 heavy (non-hydrogen) atoms. The third-order valence-electron chi connectivity index (χ3n) is 5.77. The summed E-state index contributed by atoms with van der Waals surface area (Å²) in [5, 5.41) is 0. The van der Waals surface area contributed by atoms with Crippen LogP contribution in [0, 0.1) is 5.41 Å². The lowest BCUT2D eigenvalue weighted by molar-refractivity contribution is -0.139. The number of carbonyl (C=O) groups is 1. The number of unbranched alkanes of at least 4 members (excludes halogenated alkanes) is 1. The highest BCUT2D eigenvalue weighted by Gasteiger charge is 2.41. The van der Waals surface area contributed by atoms with Crippen LogP contribution in [0.3, 0.4) is 0 Å². The van der Waals surface area contributed by atoms with Crippen molar-refractivity contribution in [2.75, 3.05) is 45.2 Å². The van der Waals surface area contributed by atoms with Crippen LogP contribution in [0.1, 0.15) is 51.0 Å². The Morgan fingerprint density at radius 2 is 1.96 bits per heavy atom. The third kappa shape index (κ3) is 4.53. The van der Waals surface area contributed by atoms with Gasteiger partial charge in [0.2, 0.25) is 11.9 Å². The summed E-state index contributed by atoms with van der Waals surface area (Å²) in [5.74, 6) is 1.11. The molecule has 0 bridgehead atoms. The van der Waals surface area contributed by atoms with E-state index >= 15 is 0 Å². The first kappa shape index (κ1) is 19.1. The van der Waals surface area contributed by atoms with Crippen molar-refractivity contribution in [3.05, 3.63) is 18.0 Å². The van der Waals surface area contributed by atoms with Crippen molar-refractivity contribution in [3.8, 4) is 0 Å². The van der Waals surface area contributed by atoms with Gasteiger partial charge in [-0.1, -0.05) is 13.3 Å². The lowest BCUT2D eigenvalue weighted by atomic mass is 9.73. The molecule has 1 spiro atoms. The Bertz CT molecular complexity index is 603. The molecule has 1 atom stereocenters. The molecule has 2 aliphatic rings. The average molecular weight is 360 g/mol. The van der Waals surface area contributed by atoms with Gasteiger partial charge in [0.15, 0.2) is 0 Å². The maximum absolute atomic E-state index is 12.3. The largest absolute Gasteiger partial charge is 0.347 e. The number of piperidine rings is 2. The van der Waals surface area contributed by atoms with Crippen molar-refractivity contribution in [3.63, 3.8) is 0 Å². The topological polar surface area (TPSA) is 52.6 Å². The molecule has 3 rings (SSSR count). The third-order valence-corrected chi connectivity index (χ3v) is 5.77. The highest BCUT2D eigenvalue weighted by molar-refractivity contribution is 5.77. The van der Waals surface area contributed by atoms with E-state index in [4.69, 9.17) is 0 Å². The van der Waals surface area contributed by atoms with Crippen molar-refractivity contribution in [1.82, 2.24) is 19.8 Å². The fourth-order valence-electron chi connectivity index (χ4n) is 4.35. The second kappa shape index (κ2) is 8.33. The van der Waals surface area contributed by atoms with Crippen LogP contribution >= 0.6 is 0 Å². The fourth-order valence-corrected chi connectivity index (χ4v) is 4.35. The van der Waals surface area contributed by atoms with Gasteiger partial charge in [-0.15, -0.1) is 0 Å². The van der Waals surface area contributed by atoms with Crippen molar-refractivity contribution in [2.45, 2.75) is 52.0 Å². The van der Waals surface area contributed by atoms with Gasteiger partial charge in [-0.05, 0) is 32.2 Å². The van der Waals surface area contributed by atoms with Crippen LogP contribution in [-0.2, 0) is 11.3 Å². The predicted octanol–water partition coefficient (Wildman–Crippen LogP) is 2.55. The SMILES string of the molecule is CCCCN1CC2(CCCN(Cc3cnc(N(C)C)nc3)C2)CCC1=O. The summed E-state index contributed by atoms with van der Waals surface area (Å²) < 4.78 is 0. The minimum Gasteiger partial charge on any atom is -0.347 e. The van der Waals surface area contributed by atoms with E-state index in [1.54, 1.807) is 0 Å². The number of nitrogens with zero attached hydrogens (tertiary/aromatic N) is 5. The molecule has 0 N–H and O–H groups in total. The number of rotatable bonds is 6. The molecule has 3 heterocycles. The van der Waals surface area contributed by atoms with Crippen molar-refractivity contribution in [1.29, 1.82) is 0 Å². The minimum atomic E-state index is 0.282. The first-order valence-electron chi connectivity index (χ1n) is 10.00. The van der Waals surface area contributed by atoms with Crippen molar-refractivity contribution in [2.24, 2.45) is 5.41 Å². The van der Waals surface area contributed by atoms with Gasteiger partial charge < -0.3 is 9.80 Å². The van der Waals surface area contributed by atoms with E-state index in [1.165, 1.54) is 18.4 Å². The van der Waals surface area contributed by atoms with Gasteiger partial charge in [0.25, 0.3) is 0 Å². The summed E-state index contributed by atoms with van der Waals surface area (Å²) in [4.78, 5) is 27.7. The van der Waals surface area contributed by atoms with Gasteiger partial charge >= 0.3 is 0 Å². The Hall–Kier alpha value is -1.69. The zero-order valence-electron chi connectivity index (χ0n) is 16.6. The molecule has 144 valence electrons. The van der Waals surface area contributed by atoms with E-state index < -0.39 is 0 Å². The second-order valence-electron chi connectivity index (χ2n) is 8.27. The molecule has 0 saturated carbocycles. The van der Waals surface area contributed by atoms with E-state index in [-0.39, 0.29) is 5.41 Å². The predicted molar refractivity (Wildman–Crippen MR) is 104 cm³/mol. The normalized spacial score (nSPS) is 24.3. The highest BCUT2D eigenvalue weighted by Crippen LogP contribution is 2.39. The number of likely N-dealkylation sites (tertiary alicyclic amines) is 2. The quantitative estimate of drug-likeness (QED) is 0.781. The molecule has 0 aromatic carbocycles. The summed E-state index contributed by atoms with van der Waals surface area (Å²) in [7, 11) is 3.91. The Labute approximate surface area is 157 Å². The molecule has 2 saturated heterocycles. The fraction of sp³-hybridized carbons (Fsp3) is 0.750. The molecule has 0 aliphatic carbocycles. The highest BCUT2D eigenvalue weighted by atomic mass is 16.2. The molecule has 1 aromatic rings. The smallest absolute Gasteiger partial charge is 0.224 e. The van der Waals surface area contributed by atoms with E-state index in [2.05, 4.69) is 26.7 Å². The zero-order chi connectivity index (χ0) is 18.6. The monoisotopic (exact) mass is 359 g/mol. The van der Waals surface area contributed by atoms with Crippen LogP contribution in [0.25, 0.3) is 0 Å². The standard InChI is InChI=1S/C20H33N5O/c1-4-5-11-25-16-20(9-7-18(25)26)8-6-10-24(15-20)14-17-12-21-19(22-13-17)23(2)3/h12-13H,4-11,14-16H2,1-3H3. The Balaban J connectivity index is 1.62. The Kier molecular flexibility index (Phi) is 6.12. The average Bonchev–Trinajstić information content (AvgIpc) is 2.63. The number of aromatic nitrogens is 2. The van der Waals surface area contributed by atoms with Gasteiger partial charge in [0, 0.05) is 70.1 Å². The molecule has 0 radical (unpaired) electrons. The molecule has 1 unspecified atom stereocenters. The van der Waals surface area contributed by atoms with E-state index in [0.29, 0.717) is 5.91 Å². The van der Waals surface area contributed by atoms with Crippen LogP contribution < -0.4 is 4.90 Å². The number of hydrogen-bond acceptors (Lipinski definition) is 5. The van der Waals surface area contributed by atoms with E-state index in [0.717, 1.165) is 64.4 Å². The van der Waals surface area contributed by atoms with Crippen LogP contribution in [0.15, 0.2) is 12.4 Å². The summed E-state index contributed by atoms with van der Waals surface area (Å²) in [6, 6.07) is 0. The van der Waals surface area contributed by atoms with Gasteiger partial charge in [-0.3, -0.25) is 9.69 Å². The number of anilines is 1. The van der Waals surface area contributed by atoms with Gasteiger partial charge in [0.1, 0.15) is 0 Å². The Morgan fingerprint density at radius 3 is 2.65 bits per heavy atom. The van der Waals surface area contributed by atoms with Crippen LogP contribution in [0.4, 0.5) is 5.95 Å². The summed E-state index contributed by atoms with van der Waals surface area (Å²) in [6.07, 6.45) is 10.4. The zero-order valence-corrected chi connectivity index (χ0v) is 16.6. The lowest BCUT2D eigenvalue weighted by Crippen LogP contribution is -2.53. The lowest BCUT2D eigenvalue weighted by Gasteiger charge is -2.48.